The van der Waals surface area contributed by atoms with Gasteiger partial charge in [0.1, 0.15) is 16.7 Å². The van der Waals surface area contributed by atoms with Crippen LogP contribution in [0.15, 0.2) is 6.07 Å². The van der Waals surface area contributed by atoms with Crippen LogP contribution in [0.2, 0.25) is 5.02 Å². The van der Waals surface area contributed by atoms with Gasteiger partial charge in [-0.15, -0.1) is 0 Å². The summed E-state index contributed by atoms with van der Waals surface area (Å²) >= 11 is 5.16. The molecule has 0 radical (unpaired) electrons. The van der Waals surface area contributed by atoms with E-state index in [2.05, 4.69) is 0 Å². The Morgan fingerprint density at radius 3 is 2.46 bits per heavy atom. The minimum atomic E-state index is -1.21. The number of halogens is 4. The molecule has 0 saturated carbocycles. The van der Waals surface area contributed by atoms with Crippen LogP contribution >= 0.6 is 11.6 Å². The van der Waals surface area contributed by atoms with Gasteiger partial charge in [0, 0.05) is 11.6 Å². The second-order valence-corrected chi connectivity index (χ2v) is 2.66. The largest absolute Gasteiger partial charge is 0.316 e. The number of hydrogen-bond acceptors (Lipinski definition) is 2. The fourth-order valence-corrected chi connectivity index (χ4v) is 1.01. The maximum Gasteiger partial charge on any atom is 0.152 e. The zero-order chi connectivity index (χ0) is 10.0. The summed E-state index contributed by atoms with van der Waals surface area (Å²) in [4.78, 5) is 0. The topological polar surface area (TPSA) is 32.3 Å². The lowest BCUT2D eigenvalue weighted by atomic mass is 10.2. The highest BCUT2D eigenvalue weighted by Crippen LogP contribution is 2.24. The third-order valence-corrected chi connectivity index (χ3v) is 1.81. The van der Waals surface area contributed by atoms with E-state index in [1.165, 1.54) is 0 Å². The van der Waals surface area contributed by atoms with Crippen molar-refractivity contribution in [2.45, 2.75) is 6.54 Å². The molecule has 6 heteroatoms. The van der Waals surface area contributed by atoms with Gasteiger partial charge in [0.2, 0.25) is 0 Å². The van der Waals surface area contributed by atoms with Crippen LogP contribution in [0.1, 0.15) is 5.56 Å². The van der Waals surface area contributed by atoms with Gasteiger partial charge in [-0.1, -0.05) is 11.6 Å². The van der Waals surface area contributed by atoms with E-state index in [9.17, 15) is 13.2 Å². The summed E-state index contributed by atoms with van der Waals surface area (Å²) in [6.45, 7) is -0.475. The fraction of sp³-hybridized carbons (Fsp3) is 0.143. The first kappa shape index (κ1) is 10.3. The minimum absolute atomic E-state index is 0.456. The first-order chi connectivity index (χ1) is 6.07. The van der Waals surface area contributed by atoms with Crippen LogP contribution in [0, 0.1) is 17.5 Å². The minimum Gasteiger partial charge on any atom is -0.316 e. The molecule has 2 N–H and O–H groups in total. The van der Waals surface area contributed by atoms with Gasteiger partial charge in [-0.25, -0.2) is 18.7 Å². The van der Waals surface area contributed by atoms with Crippen LogP contribution < -0.4 is 5.48 Å². The summed E-state index contributed by atoms with van der Waals surface area (Å²) in [6, 6.07) is 0.456. The molecular formula is C7H5ClF3NO. The molecule has 13 heavy (non-hydrogen) atoms. The predicted octanol–water partition coefficient (Wildman–Crippen LogP) is 2.24. The van der Waals surface area contributed by atoms with Crippen molar-refractivity contribution in [3.8, 4) is 0 Å². The Kier molecular flexibility index (Phi) is 3.13. The van der Waals surface area contributed by atoms with Crippen molar-refractivity contribution in [1.82, 2.24) is 5.48 Å². The molecule has 0 aliphatic rings. The molecule has 2 nitrogen and oxygen atoms in total. The predicted molar refractivity (Wildman–Crippen MR) is 40.0 cm³/mol. The quantitative estimate of drug-likeness (QED) is 0.447. The summed E-state index contributed by atoms with van der Waals surface area (Å²) in [6.07, 6.45) is 0. The Morgan fingerprint density at radius 2 is 1.92 bits per heavy atom. The van der Waals surface area contributed by atoms with Crippen molar-refractivity contribution in [2.24, 2.45) is 0 Å². The molecule has 0 fully saturated rings. The highest BCUT2D eigenvalue weighted by atomic mass is 35.5. The van der Waals surface area contributed by atoms with Crippen LogP contribution in [0.5, 0.6) is 0 Å². The van der Waals surface area contributed by atoms with Crippen LogP contribution in [-0.4, -0.2) is 5.21 Å². The van der Waals surface area contributed by atoms with Crippen molar-refractivity contribution in [2.75, 3.05) is 0 Å². The van der Waals surface area contributed by atoms with Gasteiger partial charge < -0.3 is 5.21 Å². The molecule has 0 atom stereocenters. The van der Waals surface area contributed by atoms with E-state index in [1.54, 1.807) is 5.48 Å². The number of nitrogens with one attached hydrogen (secondary N) is 1. The fourth-order valence-electron chi connectivity index (χ4n) is 0.845. The van der Waals surface area contributed by atoms with Crippen molar-refractivity contribution in [1.29, 1.82) is 0 Å². The Bertz CT molecular complexity index is 332. The van der Waals surface area contributed by atoms with Crippen LogP contribution in [-0.2, 0) is 6.54 Å². The molecular weight excluding hydrogens is 207 g/mol. The normalized spacial score (nSPS) is 10.5. The monoisotopic (exact) mass is 211 g/mol. The molecule has 0 unspecified atom stereocenters. The molecule has 0 aliphatic heterocycles. The number of benzene rings is 1. The lowest BCUT2D eigenvalue weighted by molar-refractivity contribution is 0.158. The van der Waals surface area contributed by atoms with Crippen LogP contribution in [0.3, 0.4) is 0 Å². The summed E-state index contributed by atoms with van der Waals surface area (Å²) < 4.78 is 38.3. The summed E-state index contributed by atoms with van der Waals surface area (Å²) in [5.74, 6) is -3.47. The van der Waals surface area contributed by atoms with Gasteiger partial charge in [-0.05, 0) is 0 Å². The molecule has 72 valence electrons. The van der Waals surface area contributed by atoms with Crippen molar-refractivity contribution in [3.05, 3.63) is 34.1 Å². The van der Waals surface area contributed by atoms with E-state index in [-0.39, 0.29) is 0 Å². The standard InChI is InChI=1S/C7H5ClF3NO/c8-6-5(10)1-4(9)3(2-12-13)7(6)11/h1,12-13H,2H2. The molecule has 1 aromatic carbocycles. The first-order valence-electron chi connectivity index (χ1n) is 3.26. The van der Waals surface area contributed by atoms with Gasteiger partial charge in [0.15, 0.2) is 5.82 Å². The maximum absolute atomic E-state index is 12.9. The molecule has 0 bridgehead atoms. The highest BCUT2D eigenvalue weighted by Gasteiger charge is 2.16. The summed E-state index contributed by atoms with van der Waals surface area (Å²) in [5.41, 5.74) is 1.05. The second-order valence-electron chi connectivity index (χ2n) is 2.28. The van der Waals surface area contributed by atoms with Gasteiger partial charge in [0.05, 0.1) is 6.54 Å². The van der Waals surface area contributed by atoms with E-state index in [1.807, 2.05) is 0 Å². The summed E-state index contributed by atoms with van der Waals surface area (Å²) in [5, 5.41) is 7.42. The highest BCUT2D eigenvalue weighted by molar-refractivity contribution is 6.30. The Labute approximate surface area is 76.9 Å². The van der Waals surface area contributed by atoms with E-state index < -0.39 is 34.6 Å². The Morgan fingerprint density at radius 1 is 1.31 bits per heavy atom. The molecule has 0 heterocycles. The van der Waals surface area contributed by atoms with Gasteiger partial charge in [0.25, 0.3) is 0 Å². The second kappa shape index (κ2) is 3.95. The van der Waals surface area contributed by atoms with Crippen LogP contribution in [0.25, 0.3) is 0 Å². The van der Waals surface area contributed by atoms with E-state index >= 15 is 0 Å². The zero-order valence-electron chi connectivity index (χ0n) is 6.24. The van der Waals surface area contributed by atoms with Crippen LogP contribution in [0.4, 0.5) is 13.2 Å². The first-order valence-corrected chi connectivity index (χ1v) is 3.64. The molecule has 0 saturated heterocycles. The maximum atomic E-state index is 12.9. The molecule has 0 aliphatic carbocycles. The number of hydrogen-bond donors (Lipinski definition) is 2. The van der Waals surface area contributed by atoms with Crippen molar-refractivity contribution in [3.63, 3.8) is 0 Å². The van der Waals surface area contributed by atoms with E-state index in [0.29, 0.717) is 6.07 Å². The number of hydroxylamine groups is 1. The third kappa shape index (κ3) is 1.93. The lowest BCUT2D eigenvalue weighted by Crippen LogP contribution is -2.11. The molecule has 0 amide bonds. The lowest BCUT2D eigenvalue weighted by Gasteiger charge is -2.05. The molecule has 1 aromatic rings. The molecule has 0 spiro atoms. The average Bonchev–Trinajstić information content (AvgIpc) is 2.09. The van der Waals surface area contributed by atoms with Crippen molar-refractivity contribution >= 4 is 11.6 Å². The van der Waals surface area contributed by atoms with E-state index in [4.69, 9.17) is 16.8 Å². The number of rotatable bonds is 2. The smallest absolute Gasteiger partial charge is 0.152 e. The Balaban J connectivity index is 3.26. The van der Waals surface area contributed by atoms with Crippen molar-refractivity contribution < 1.29 is 18.4 Å². The third-order valence-electron chi connectivity index (χ3n) is 1.46. The summed E-state index contributed by atoms with van der Waals surface area (Å²) in [7, 11) is 0. The average molecular weight is 212 g/mol. The molecule has 0 aromatic heterocycles. The zero-order valence-corrected chi connectivity index (χ0v) is 7.00. The van der Waals surface area contributed by atoms with Gasteiger partial charge in [-0.2, -0.15) is 0 Å². The van der Waals surface area contributed by atoms with Gasteiger partial charge >= 0.3 is 0 Å². The molecule has 1 rings (SSSR count). The van der Waals surface area contributed by atoms with Gasteiger partial charge in [-0.3, -0.25) is 0 Å². The van der Waals surface area contributed by atoms with E-state index in [0.717, 1.165) is 0 Å². The Hall–Kier alpha value is -0.780. The SMILES string of the molecule is ONCc1c(F)cc(F)c(Cl)c1F.